The quantitative estimate of drug-likeness (QED) is 0.898. The normalized spacial score (nSPS) is 18.0. The van der Waals surface area contributed by atoms with Crippen LogP contribution in [-0.4, -0.2) is 12.3 Å². The van der Waals surface area contributed by atoms with Crippen LogP contribution in [0.2, 0.25) is 0 Å². The molecule has 2 aromatic rings. The first-order valence-corrected chi connectivity index (χ1v) is 7.91. The first-order valence-electron chi connectivity index (χ1n) is 6.92. The number of hydrogen-bond donors (Lipinski definition) is 1. The Morgan fingerprint density at radius 3 is 2.68 bits per heavy atom. The smallest absolute Gasteiger partial charge is 0.0339 e. The molecule has 2 aromatic carbocycles. The minimum Gasteiger partial charge on any atom is -0.310 e. The van der Waals surface area contributed by atoms with Crippen molar-refractivity contribution in [2.24, 2.45) is 0 Å². The second-order valence-electron chi connectivity index (χ2n) is 4.92. The van der Waals surface area contributed by atoms with Crippen molar-refractivity contribution in [1.82, 2.24) is 5.32 Å². The lowest BCUT2D eigenvalue weighted by molar-refractivity contribution is 0.514. The van der Waals surface area contributed by atoms with Crippen molar-refractivity contribution in [2.45, 2.75) is 23.8 Å². The highest BCUT2D eigenvalue weighted by Gasteiger charge is 2.19. The molecule has 0 aromatic heterocycles. The van der Waals surface area contributed by atoms with E-state index in [-0.39, 0.29) is 0 Å². The van der Waals surface area contributed by atoms with Gasteiger partial charge in [-0.25, -0.2) is 0 Å². The van der Waals surface area contributed by atoms with E-state index in [9.17, 15) is 0 Å². The highest BCUT2D eigenvalue weighted by atomic mass is 32.2. The Morgan fingerprint density at radius 1 is 1.00 bits per heavy atom. The van der Waals surface area contributed by atoms with Gasteiger partial charge in [0.25, 0.3) is 0 Å². The Labute approximate surface area is 119 Å². The van der Waals surface area contributed by atoms with Crippen LogP contribution in [0.4, 0.5) is 0 Å². The number of benzene rings is 2. The fourth-order valence-electron chi connectivity index (χ4n) is 2.59. The van der Waals surface area contributed by atoms with E-state index in [1.54, 1.807) is 0 Å². The van der Waals surface area contributed by atoms with E-state index in [0.29, 0.717) is 6.04 Å². The van der Waals surface area contributed by atoms with Gasteiger partial charge in [-0.2, -0.15) is 0 Å². The first kappa shape index (κ1) is 12.8. The van der Waals surface area contributed by atoms with Crippen molar-refractivity contribution in [3.63, 3.8) is 0 Å². The zero-order valence-corrected chi connectivity index (χ0v) is 11.8. The average molecular weight is 269 g/mol. The lowest BCUT2D eigenvalue weighted by atomic mass is 10.0. The fourth-order valence-corrected chi connectivity index (χ4v) is 3.71. The molecule has 98 valence electrons. The molecule has 19 heavy (non-hydrogen) atoms. The molecule has 0 spiro atoms. The molecule has 1 unspecified atom stereocenters. The first-order chi connectivity index (χ1) is 9.43. The maximum absolute atomic E-state index is 3.71. The Kier molecular flexibility index (Phi) is 4.21. The molecule has 0 amide bonds. The summed E-state index contributed by atoms with van der Waals surface area (Å²) in [6.45, 7) is 1.05. The molecule has 0 fully saturated rings. The summed E-state index contributed by atoms with van der Waals surface area (Å²) in [5, 5.41) is 3.71. The molecule has 1 heterocycles. The van der Waals surface area contributed by atoms with Crippen LogP contribution in [0.25, 0.3) is 0 Å². The lowest BCUT2D eigenvalue weighted by Gasteiger charge is -2.26. The van der Waals surface area contributed by atoms with Crippen LogP contribution in [0.15, 0.2) is 59.5 Å². The molecule has 1 nitrogen and oxygen atoms in total. The predicted molar refractivity (Wildman–Crippen MR) is 82.7 cm³/mol. The maximum Gasteiger partial charge on any atom is 0.0339 e. The van der Waals surface area contributed by atoms with Gasteiger partial charge in [0, 0.05) is 10.9 Å². The number of fused-ring (bicyclic) bond motifs is 1. The molecule has 1 aliphatic heterocycles. The van der Waals surface area contributed by atoms with Crippen LogP contribution in [0.1, 0.15) is 23.6 Å². The molecule has 0 radical (unpaired) electrons. The molecular weight excluding hydrogens is 250 g/mol. The van der Waals surface area contributed by atoms with E-state index in [1.165, 1.54) is 28.2 Å². The SMILES string of the molecule is c1ccc(CCNC2CCSc3ccccc32)cc1. The van der Waals surface area contributed by atoms with E-state index >= 15 is 0 Å². The van der Waals surface area contributed by atoms with Crippen molar-refractivity contribution in [3.8, 4) is 0 Å². The molecule has 0 aliphatic carbocycles. The minimum absolute atomic E-state index is 0.529. The van der Waals surface area contributed by atoms with Crippen molar-refractivity contribution in [3.05, 3.63) is 65.7 Å². The molecular formula is C17H19NS. The molecule has 2 heteroatoms. The van der Waals surface area contributed by atoms with Crippen LogP contribution in [0.5, 0.6) is 0 Å². The van der Waals surface area contributed by atoms with Gasteiger partial charge in [0.05, 0.1) is 0 Å². The van der Waals surface area contributed by atoms with Crippen molar-refractivity contribution in [2.75, 3.05) is 12.3 Å². The van der Waals surface area contributed by atoms with Gasteiger partial charge in [-0.3, -0.25) is 0 Å². The summed E-state index contributed by atoms with van der Waals surface area (Å²) >= 11 is 1.98. The van der Waals surface area contributed by atoms with Gasteiger partial charge in [0.2, 0.25) is 0 Å². The van der Waals surface area contributed by atoms with E-state index < -0.39 is 0 Å². The third-order valence-electron chi connectivity index (χ3n) is 3.61. The number of thioether (sulfide) groups is 1. The second kappa shape index (κ2) is 6.27. The maximum atomic E-state index is 3.71. The highest BCUT2D eigenvalue weighted by Crippen LogP contribution is 2.35. The average Bonchev–Trinajstić information content (AvgIpc) is 2.49. The summed E-state index contributed by atoms with van der Waals surface area (Å²) in [5.41, 5.74) is 2.89. The van der Waals surface area contributed by atoms with Gasteiger partial charge in [0.1, 0.15) is 0 Å². The number of hydrogen-bond acceptors (Lipinski definition) is 2. The summed E-state index contributed by atoms with van der Waals surface area (Å²) in [7, 11) is 0. The summed E-state index contributed by atoms with van der Waals surface area (Å²) in [5.74, 6) is 1.22. The number of rotatable bonds is 4. The standard InChI is InChI=1S/C17H19NS/c1-2-6-14(7-3-1)10-12-18-16-11-13-19-17-9-5-4-8-15(16)17/h1-9,16,18H,10-13H2. The van der Waals surface area contributed by atoms with Gasteiger partial charge < -0.3 is 5.32 Å². The topological polar surface area (TPSA) is 12.0 Å². The molecule has 0 saturated heterocycles. The Balaban J connectivity index is 1.59. The Hall–Kier alpha value is -1.25. The lowest BCUT2D eigenvalue weighted by Crippen LogP contribution is -2.26. The van der Waals surface area contributed by atoms with Crippen molar-refractivity contribution in [1.29, 1.82) is 0 Å². The molecule has 0 saturated carbocycles. The van der Waals surface area contributed by atoms with Gasteiger partial charge >= 0.3 is 0 Å². The van der Waals surface area contributed by atoms with Crippen molar-refractivity contribution < 1.29 is 0 Å². The molecule has 1 aliphatic rings. The summed E-state index contributed by atoms with van der Waals surface area (Å²) in [6, 6.07) is 20.0. The van der Waals surface area contributed by atoms with E-state index in [2.05, 4.69) is 59.9 Å². The van der Waals surface area contributed by atoms with E-state index in [0.717, 1.165) is 13.0 Å². The predicted octanol–water partition coefficient (Wildman–Crippen LogP) is 4.06. The number of nitrogens with one attached hydrogen (secondary N) is 1. The van der Waals surface area contributed by atoms with Crippen LogP contribution in [0.3, 0.4) is 0 Å². The van der Waals surface area contributed by atoms with Gasteiger partial charge in [-0.15, -0.1) is 11.8 Å². The third kappa shape index (κ3) is 3.20. The van der Waals surface area contributed by atoms with Crippen LogP contribution < -0.4 is 5.32 Å². The Bertz CT molecular complexity index is 524. The zero-order chi connectivity index (χ0) is 12.9. The molecule has 3 rings (SSSR count). The monoisotopic (exact) mass is 269 g/mol. The third-order valence-corrected chi connectivity index (χ3v) is 4.73. The van der Waals surface area contributed by atoms with E-state index in [4.69, 9.17) is 0 Å². The van der Waals surface area contributed by atoms with Gasteiger partial charge in [-0.1, -0.05) is 48.5 Å². The zero-order valence-electron chi connectivity index (χ0n) is 11.0. The fraction of sp³-hybridized carbons (Fsp3) is 0.294. The molecule has 0 bridgehead atoms. The largest absolute Gasteiger partial charge is 0.310 e. The van der Waals surface area contributed by atoms with Gasteiger partial charge in [-0.05, 0) is 42.3 Å². The summed E-state index contributed by atoms with van der Waals surface area (Å²) < 4.78 is 0. The van der Waals surface area contributed by atoms with Crippen LogP contribution in [0, 0.1) is 0 Å². The summed E-state index contributed by atoms with van der Waals surface area (Å²) in [6.07, 6.45) is 2.34. The Morgan fingerprint density at radius 2 is 1.79 bits per heavy atom. The molecule has 1 atom stereocenters. The molecule has 1 N–H and O–H groups in total. The summed E-state index contributed by atoms with van der Waals surface area (Å²) in [4.78, 5) is 1.45. The van der Waals surface area contributed by atoms with Crippen LogP contribution in [-0.2, 0) is 6.42 Å². The second-order valence-corrected chi connectivity index (χ2v) is 6.05. The highest BCUT2D eigenvalue weighted by molar-refractivity contribution is 7.99. The minimum atomic E-state index is 0.529. The van der Waals surface area contributed by atoms with E-state index in [1.807, 2.05) is 11.8 Å². The van der Waals surface area contributed by atoms with Crippen molar-refractivity contribution >= 4 is 11.8 Å². The van der Waals surface area contributed by atoms with Gasteiger partial charge in [0.15, 0.2) is 0 Å². The van der Waals surface area contributed by atoms with Crippen LogP contribution >= 0.6 is 11.8 Å².